The molecule has 0 fully saturated rings. The first-order valence-corrected chi connectivity index (χ1v) is 12.1. The second-order valence-corrected chi connectivity index (χ2v) is 8.81. The van der Waals surface area contributed by atoms with Crippen LogP contribution in [0.1, 0.15) is 31.7 Å². The lowest BCUT2D eigenvalue weighted by molar-refractivity contribution is 0.120. The molecule has 176 valence electrons. The zero-order valence-corrected chi connectivity index (χ0v) is 20.5. The summed E-state index contributed by atoms with van der Waals surface area (Å²) in [5, 5.41) is 4.53. The molecule has 1 unspecified atom stereocenters. The van der Waals surface area contributed by atoms with Crippen molar-refractivity contribution in [2.45, 2.75) is 26.2 Å². The molecule has 5 rings (SSSR count). The lowest BCUT2D eigenvalue weighted by Gasteiger charge is -2.19. The highest BCUT2D eigenvalue weighted by Crippen LogP contribution is 2.45. The van der Waals surface area contributed by atoms with E-state index < -0.39 is 0 Å². The highest BCUT2D eigenvalue weighted by atomic mass is 16.7. The third-order valence-corrected chi connectivity index (χ3v) is 6.75. The Hall–Kier alpha value is -3.98. The highest BCUT2D eigenvalue weighted by molar-refractivity contribution is 6.09. The van der Waals surface area contributed by atoms with Crippen LogP contribution in [0.15, 0.2) is 97.1 Å². The van der Waals surface area contributed by atoms with Gasteiger partial charge in [0.1, 0.15) is 17.2 Å². The molecule has 0 aromatic heterocycles. The predicted octanol–water partition coefficient (Wildman–Crippen LogP) is 8.60. The molecule has 0 saturated carbocycles. The molecule has 3 nitrogen and oxygen atoms in total. The topological polar surface area (TPSA) is 27.7 Å². The number of benzene rings is 5. The third kappa shape index (κ3) is 4.54. The van der Waals surface area contributed by atoms with Gasteiger partial charge in [-0.15, -0.1) is 0 Å². The minimum absolute atomic E-state index is 0.112. The maximum atomic E-state index is 6.27. The zero-order chi connectivity index (χ0) is 24.2. The molecule has 0 radical (unpaired) electrons. The second-order valence-electron chi connectivity index (χ2n) is 8.81. The van der Waals surface area contributed by atoms with Crippen LogP contribution in [0.2, 0.25) is 0 Å². The number of rotatable bonds is 8. The first-order chi connectivity index (χ1) is 17.2. The van der Waals surface area contributed by atoms with Crippen molar-refractivity contribution in [3.05, 3.63) is 103 Å². The smallest absolute Gasteiger partial charge is 0.230 e. The summed E-state index contributed by atoms with van der Waals surface area (Å²) in [7, 11) is 1.71. The second kappa shape index (κ2) is 10.1. The van der Waals surface area contributed by atoms with Crippen LogP contribution in [0, 0.1) is 0 Å². The maximum Gasteiger partial charge on any atom is 0.230 e. The van der Waals surface area contributed by atoms with E-state index in [2.05, 4.69) is 86.6 Å². The SMILES string of the molecule is CCC(C)c1ccc(OCOc2ccc3ccccc3c2-c2c(OC)ccc3ccccc23)cc1. The van der Waals surface area contributed by atoms with E-state index in [1.165, 1.54) is 5.56 Å². The fourth-order valence-electron chi connectivity index (χ4n) is 4.60. The van der Waals surface area contributed by atoms with Crippen molar-refractivity contribution in [1.29, 1.82) is 0 Å². The quantitative estimate of drug-likeness (QED) is 0.216. The maximum absolute atomic E-state index is 6.27. The summed E-state index contributed by atoms with van der Waals surface area (Å²) in [5.41, 5.74) is 3.35. The van der Waals surface area contributed by atoms with Crippen LogP contribution in [-0.4, -0.2) is 13.9 Å². The van der Waals surface area contributed by atoms with Gasteiger partial charge in [0, 0.05) is 11.1 Å². The van der Waals surface area contributed by atoms with Gasteiger partial charge in [0.25, 0.3) is 0 Å². The first-order valence-electron chi connectivity index (χ1n) is 12.1. The van der Waals surface area contributed by atoms with Crippen molar-refractivity contribution in [2.75, 3.05) is 13.9 Å². The van der Waals surface area contributed by atoms with E-state index in [0.717, 1.165) is 56.3 Å². The monoisotopic (exact) mass is 462 g/mol. The Morgan fingerprint density at radius 2 is 1.20 bits per heavy atom. The van der Waals surface area contributed by atoms with Crippen LogP contribution in [0.3, 0.4) is 0 Å². The largest absolute Gasteiger partial charge is 0.496 e. The molecule has 0 amide bonds. The van der Waals surface area contributed by atoms with Crippen molar-refractivity contribution in [2.24, 2.45) is 0 Å². The van der Waals surface area contributed by atoms with Gasteiger partial charge < -0.3 is 14.2 Å². The molecule has 0 aliphatic carbocycles. The van der Waals surface area contributed by atoms with Crippen molar-refractivity contribution in [3.8, 4) is 28.4 Å². The summed E-state index contributed by atoms with van der Waals surface area (Å²) in [6.45, 7) is 4.55. The lowest BCUT2D eigenvalue weighted by atomic mass is 9.92. The number of fused-ring (bicyclic) bond motifs is 2. The number of ether oxygens (including phenoxy) is 3. The summed E-state index contributed by atoms with van der Waals surface area (Å²) in [6, 6.07) is 33.3. The molecule has 0 N–H and O–H groups in total. The summed E-state index contributed by atoms with van der Waals surface area (Å²) < 4.78 is 18.1. The minimum atomic E-state index is 0.112. The molecule has 0 aliphatic rings. The molecule has 35 heavy (non-hydrogen) atoms. The van der Waals surface area contributed by atoms with Crippen molar-refractivity contribution in [3.63, 3.8) is 0 Å². The van der Waals surface area contributed by atoms with E-state index >= 15 is 0 Å². The molecular weight excluding hydrogens is 432 g/mol. The van der Waals surface area contributed by atoms with E-state index in [1.54, 1.807) is 7.11 Å². The predicted molar refractivity (Wildman–Crippen MR) is 145 cm³/mol. The molecular formula is C32H30O3. The van der Waals surface area contributed by atoms with Gasteiger partial charge in [0.05, 0.1) is 7.11 Å². The van der Waals surface area contributed by atoms with E-state index in [4.69, 9.17) is 14.2 Å². The van der Waals surface area contributed by atoms with Gasteiger partial charge in [0.15, 0.2) is 0 Å². The Balaban J connectivity index is 1.53. The molecule has 0 spiro atoms. The van der Waals surface area contributed by atoms with Crippen LogP contribution in [0.25, 0.3) is 32.7 Å². The van der Waals surface area contributed by atoms with Crippen LogP contribution < -0.4 is 14.2 Å². The Morgan fingerprint density at radius 1 is 0.629 bits per heavy atom. The lowest BCUT2D eigenvalue weighted by Crippen LogP contribution is -2.07. The van der Waals surface area contributed by atoms with E-state index in [9.17, 15) is 0 Å². The van der Waals surface area contributed by atoms with Gasteiger partial charge in [-0.2, -0.15) is 0 Å². The Kier molecular flexibility index (Phi) is 6.58. The normalized spacial score (nSPS) is 12.0. The van der Waals surface area contributed by atoms with Crippen molar-refractivity contribution in [1.82, 2.24) is 0 Å². The average molecular weight is 463 g/mol. The molecule has 0 saturated heterocycles. The summed E-state index contributed by atoms with van der Waals surface area (Å²) in [5.74, 6) is 2.90. The Bertz CT molecular complexity index is 1450. The van der Waals surface area contributed by atoms with Crippen LogP contribution in [0.5, 0.6) is 17.2 Å². The van der Waals surface area contributed by atoms with Gasteiger partial charge in [0.2, 0.25) is 6.79 Å². The summed E-state index contributed by atoms with van der Waals surface area (Å²) in [4.78, 5) is 0. The van der Waals surface area contributed by atoms with Crippen molar-refractivity contribution >= 4 is 21.5 Å². The number of methoxy groups -OCH3 is 1. The van der Waals surface area contributed by atoms with Crippen molar-refractivity contribution < 1.29 is 14.2 Å². The summed E-state index contributed by atoms with van der Waals surface area (Å²) >= 11 is 0. The van der Waals surface area contributed by atoms with Crippen LogP contribution >= 0.6 is 0 Å². The zero-order valence-electron chi connectivity index (χ0n) is 20.5. The van der Waals surface area contributed by atoms with Crippen LogP contribution in [-0.2, 0) is 0 Å². The van der Waals surface area contributed by atoms with Gasteiger partial charge in [-0.25, -0.2) is 0 Å². The molecule has 3 heteroatoms. The fourth-order valence-corrected chi connectivity index (χ4v) is 4.60. The molecule has 5 aromatic rings. The molecule has 0 heterocycles. The highest BCUT2D eigenvalue weighted by Gasteiger charge is 2.18. The van der Waals surface area contributed by atoms with Gasteiger partial charge in [-0.05, 0) is 63.7 Å². The molecule has 0 bridgehead atoms. The number of hydrogen-bond acceptors (Lipinski definition) is 3. The Labute approximate surface area is 206 Å². The van der Waals surface area contributed by atoms with Gasteiger partial charge in [-0.1, -0.05) is 86.6 Å². The molecule has 1 atom stereocenters. The molecule has 5 aromatic carbocycles. The van der Waals surface area contributed by atoms with E-state index in [-0.39, 0.29) is 6.79 Å². The first kappa shape index (κ1) is 22.8. The van der Waals surface area contributed by atoms with Crippen LogP contribution in [0.4, 0.5) is 0 Å². The summed E-state index contributed by atoms with van der Waals surface area (Å²) in [6.07, 6.45) is 1.12. The third-order valence-electron chi connectivity index (χ3n) is 6.75. The minimum Gasteiger partial charge on any atom is -0.496 e. The molecule has 0 aliphatic heterocycles. The standard InChI is InChI=1S/C32H30O3/c1-4-22(2)23-13-17-26(18-14-23)34-21-35-30-20-16-25-10-6-8-12-28(25)32(30)31-27-11-7-5-9-24(27)15-19-29(31)33-3/h5-20,22H,4,21H2,1-3H3. The van der Waals surface area contributed by atoms with Gasteiger partial charge in [-0.3, -0.25) is 0 Å². The van der Waals surface area contributed by atoms with Gasteiger partial charge >= 0.3 is 0 Å². The fraction of sp³-hybridized carbons (Fsp3) is 0.188. The number of hydrogen-bond donors (Lipinski definition) is 0. The van der Waals surface area contributed by atoms with E-state index in [0.29, 0.717) is 5.92 Å². The Morgan fingerprint density at radius 3 is 1.80 bits per heavy atom. The van der Waals surface area contributed by atoms with E-state index in [1.807, 2.05) is 24.3 Å². The average Bonchev–Trinajstić information content (AvgIpc) is 2.92.